The monoisotopic (exact) mass is 216 g/mol. The van der Waals surface area contributed by atoms with Crippen LogP contribution in [-0.4, -0.2) is 5.97 Å². The highest BCUT2D eigenvalue weighted by Crippen LogP contribution is 2.20. The van der Waals surface area contributed by atoms with Crippen molar-refractivity contribution in [2.24, 2.45) is 0 Å². The van der Waals surface area contributed by atoms with Crippen LogP contribution in [0.15, 0.2) is 29.2 Å². The molecule has 0 aliphatic carbocycles. The average Bonchev–Trinajstić information content (AvgIpc) is 2.15. The first-order valence-electron chi connectivity index (χ1n) is 3.72. The molecule has 0 aliphatic rings. The lowest BCUT2D eigenvalue weighted by Gasteiger charge is -2.00. The Morgan fingerprint density at radius 2 is 2.38 bits per heavy atom. The molecule has 0 heterocycles. The maximum atomic E-state index is 10.5. The Morgan fingerprint density at radius 1 is 1.62 bits per heavy atom. The maximum Gasteiger partial charge on any atom is 0.315 e. The highest BCUT2D eigenvalue weighted by molar-refractivity contribution is 7.95. The molecule has 2 nitrogen and oxygen atoms in total. The lowest BCUT2D eigenvalue weighted by atomic mass is 10.2. The maximum absolute atomic E-state index is 10.5. The van der Waals surface area contributed by atoms with Crippen LogP contribution in [-0.2, 0) is 14.9 Å². The van der Waals surface area contributed by atoms with Gasteiger partial charge in [-0.1, -0.05) is 12.1 Å². The van der Waals surface area contributed by atoms with Crippen molar-refractivity contribution >= 4 is 29.6 Å². The molecule has 0 saturated carbocycles. The van der Waals surface area contributed by atoms with Crippen LogP contribution in [0.3, 0.4) is 0 Å². The summed E-state index contributed by atoms with van der Waals surface area (Å²) in [6.45, 7) is 1.37. The second-order valence-corrected chi connectivity index (χ2v) is 3.51. The van der Waals surface area contributed by atoms with Crippen LogP contribution >= 0.6 is 23.6 Å². The molecule has 0 amide bonds. The predicted molar refractivity (Wildman–Crippen MR) is 53.6 cm³/mol. The van der Waals surface area contributed by atoms with Crippen molar-refractivity contribution in [3.63, 3.8) is 0 Å². The van der Waals surface area contributed by atoms with E-state index in [0.29, 0.717) is 5.88 Å². The second-order valence-electron chi connectivity index (χ2n) is 2.44. The molecule has 1 rings (SSSR count). The molecule has 0 N–H and O–H groups in total. The molecule has 0 aliphatic heterocycles. The Balaban J connectivity index is 2.61. The molecule has 13 heavy (non-hydrogen) atoms. The number of carbonyl (C=O) groups is 1. The summed E-state index contributed by atoms with van der Waals surface area (Å²) in [5, 5.41) is 0. The van der Waals surface area contributed by atoms with Gasteiger partial charge in [-0.25, -0.2) is 0 Å². The average molecular weight is 217 g/mol. The molecule has 0 bridgehead atoms. The zero-order chi connectivity index (χ0) is 9.68. The summed E-state index contributed by atoms with van der Waals surface area (Å²) in [6.07, 6.45) is 0. The summed E-state index contributed by atoms with van der Waals surface area (Å²) in [5.41, 5.74) is 1.01. The third kappa shape index (κ3) is 3.70. The zero-order valence-electron chi connectivity index (χ0n) is 7.12. The fourth-order valence-electron chi connectivity index (χ4n) is 0.787. The Labute approximate surface area is 86.4 Å². The van der Waals surface area contributed by atoms with E-state index in [1.807, 2.05) is 24.3 Å². The SMILES string of the molecule is CC(=O)OSc1cccc(CCl)c1. The highest BCUT2D eigenvalue weighted by Gasteiger charge is 1.99. The van der Waals surface area contributed by atoms with Gasteiger partial charge < -0.3 is 4.18 Å². The van der Waals surface area contributed by atoms with Crippen LogP contribution in [0.4, 0.5) is 0 Å². The predicted octanol–water partition coefficient (Wildman–Crippen LogP) is 3.00. The minimum absolute atomic E-state index is 0.304. The molecule has 0 radical (unpaired) electrons. The summed E-state index contributed by atoms with van der Waals surface area (Å²) in [5.74, 6) is 0.162. The van der Waals surface area contributed by atoms with E-state index in [4.69, 9.17) is 15.8 Å². The van der Waals surface area contributed by atoms with Crippen LogP contribution in [0.1, 0.15) is 12.5 Å². The van der Waals surface area contributed by atoms with E-state index in [9.17, 15) is 4.79 Å². The third-order valence-electron chi connectivity index (χ3n) is 1.31. The van der Waals surface area contributed by atoms with E-state index < -0.39 is 0 Å². The van der Waals surface area contributed by atoms with E-state index >= 15 is 0 Å². The lowest BCUT2D eigenvalue weighted by Crippen LogP contribution is -1.89. The highest BCUT2D eigenvalue weighted by atomic mass is 35.5. The molecular formula is C9H9ClO2S. The number of carbonyl (C=O) groups excluding carboxylic acids is 1. The summed E-state index contributed by atoms with van der Waals surface area (Å²) in [7, 11) is 0. The largest absolute Gasteiger partial charge is 0.386 e. The number of rotatable bonds is 3. The molecule has 0 saturated heterocycles. The number of halogens is 1. The van der Waals surface area contributed by atoms with Gasteiger partial charge >= 0.3 is 5.97 Å². The van der Waals surface area contributed by atoms with Gasteiger partial charge in [-0.3, -0.25) is 4.79 Å². The van der Waals surface area contributed by atoms with E-state index in [2.05, 4.69) is 0 Å². The van der Waals surface area contributed by atoms with Crippen LogP contribution < -0.4 is 0 Å². The van der Waals surface area contributed by atoms with Crippen LogP contribution in [0.5, 0.6) is 0 Å². The van der Waals surface area contributed by atoms with Crippen molar-refractivity contribution in [1.82, 2.24) is 0 Å². The van der Waals surface area contributed by atoms with Gasteiger partial charge in [0.25, 0.3) is 0 Å². The molecular weight excluding hydrogens is 208 g/mol. The Hall–Kier alpha value is -0.670. The second kappa shape index (κ2) is 5.14. The first kappa shape index (κ1) is 10.4. The van der Waals surface area contributed by atoms with Gasteiger partial charge in [0.05, 0.1) is 12.0 Å². The summed E-state index contributed by atoms with van der Waals surface area (Å²) < 4.78 is 4.76. The van der Waals surface area contributed by atoms with Crippen molar-refractivity contribution in [2.75, 3.05) is 0 Å². The molecule has 0 spiro atoms. The number of hydrogen-bond donors (Lipinski definition) is 0. The summed E-state index contributed by atoms with van der Waals surface area (Å²) >= 11 is 6.69. The van der Waals surface area contributed by atoms with Crippen molar-refractivity contribution < 1.29 is 8.98 Å². The molecule has 4 heteroatoms. The van der Waals surface area contributed by atoms with Gasteiger partial charge in [-0.2, -0.15) is 0 Å². The van der Waals surface area contributed by atoms with Gasteiger partial charge in [-0.15, -0.1) is 11.6 Å². The number of hydrogen-bond acceptors (Lipinski definition) is 3. The molecule has 0 unspecified atom stereocenters. The lowest BCUT2D eigenvalue weighted by molar-refractivity contribution is -0.130. The van der Waals surface area contributed by atoms with E-state index in [-0.39, 0.29) is 5.97 Å². The van der Waals surface area contributed by atoms with E-state index in [1.54, 1.807) is 0 Å². The van der Waals surface area contributed by atoms with Crippen molar-refractivity contribution in [3.8, 4) is 0 Å². The minimum Gasteiger partial charge on any atom is -0.386 e. The van der Waals surface area contributed by atoms with Crippen LogP contribution in [0, 0.1) is 0 Å². The smallest absolute Gasteiger partial charge is 0.315 e. The Morgan fingerprint density at radius 3 is 3.00 bits per heavy atom. The standard InChI is InChI=1S/C9H9ClO2S/c1-7(11)12-13-9-4-2-3-8(5-9)6-10/h2-5H,6H2,1H3. The van der Waals surface area contributed by atoms with Gasteiger partial charge in [-0.05, 0) is 17.7 Å². The van der Waals surface area contributed by atoms with Gasteiger partial charge in [0.15, 0.2) is 0 Å². The van der Waals surface area contributed by atoms with Crippen molar-refractivity contribution in [3.05, 3.63) is 29.8 Å². The number of alkyl halides is 1. The fourth-order valence-corrected chi connectivity index (χ4v) is 1.50. The van der Waals surface area contributed by atoms with Crippen LogP contribution in [0.25, 0.3) is 0 Å². The number of benzene rings is 1. The van der Waals surface area contributed by atoms with Gasteiger partial charge in [0, 0.05) is 17.7 Å². The molecule has 0 aromatic heterocycles. The Kier molecular flexibility index (Phi) is 4.12. The van der Waals surface area contributed by atoms with E-state index in [1.165, 1.54) is 6.92 Å². The first-order chi connectivity index (χ1) is 6.22. The Bertz CT molecular complexity index is 301. The minimum atomic E-state index is -0.304. The quantitative estimate of drug-likeness (QED) is 0.574. The molecule has 0 fully saturated rings. The molecule has 0 atom stereocenters. The normalized spacial score (nSPS) is 9.69. The van der Waals surface area contributed by atoms with Crippen molar-refractivity contribution in [2.45, 2.75) is 17.7 Å². The molecule has 1 aromatic carbocycles. The molecule has 1 aromatic rings. The van der Waals surface area contributed by atoms with Gasteiger partial charge in [0.1, 0.15) is 0 Å². The van der Waals surface area contributed by atoms with Crippen molar-refractivity contribution in [1.29, 1.82) is 0 Å². The van der Waals surface area contributed by atoms with Crippen LogP contribution in [0.2, 0.25) is 0 Å². The summed E-state index contributed by atoms with van der Waals surface area (Å²) in [4.78, 5) is 11.4. The third-order valence-corrected chi connectivity index (χ3v) is 2.38. The summed E-state index contributed by atoms with van der Waals surface area (Å²) in [6, 6.07) is 7.55. The topological polar surface area (TPSA) is 26.3 Å². The molecule has 70 valence electrons. The first-order valence-corrected chi connectivity index (χ1v) is 5.00. The van der Waals surface area contributed by atoms with E-state index in [0.717, 1.165) is 22.5 Å². The fraction of sp³-hybridized carbons (Fsp3) is 0.222. The van der Waals surface area contributed by atoms with Gasteiger partial charge in [0.2, 0.25) is 0 Å². The zero-order valence-corrected chi connectivity index (χ0v) is 8.69.